The fraction of sp³-hybridized carbons (Fsp3) is 0.176. The van der Waals surface area contributed by atoms with Crippen LogP contribution >= 0.6 is 38.6 Å². The molecule has 0 aliphatic rings. The van der Waals surface area contributed by atoms with Gasteiger partial charge in [-0.25, -0.2) is 14.4 Å². The lowest BCUT2D eigenvalue weighted by molar-refractivity contribution is 0.628. The Morgan fingerprint density at radius 1 is 1.26 bits per heavy atom. The fourth-order valence-corrected chi connectivity index (χ4v) is 4.84. The molecule has 0 radical (unpaired) electrons. The van der Waals surface area contributed by atoms with Crippen molar-refractivity contribution in [3.05, 3.63) is 44.6 Å². The van der Waals surface area contributed by atoms with Gasteiger partial charge in [-0.05, 0) is 46.6 Å². The lowest BCUT2D eigenvalue weighted by Gasteiger charge is -2.15. The van der Waals surface area contributed by atoms with Crippen molar-refractivity contribution in [1.82, 2.24) is 19.6 Å². The number of thiazole rings is 1. The molecule has 6 nitrogen and oxygen atoms in total. The summed E-state index contributed by atoms with van der Waals surface area (Å²) in [5, 5.41) is 14.6. The van der Waals surface area contributed by atoms with Crippen LogP contribution in [-0.4, -0.2) is 26.6 Å². The minimum Gasteiger partial charge on any atom is -0.304 e. The number of aryl methyl sites for hydroxylation is 1. The van der Waals surface area contributed by atoms with E-state index in [1.807, 2.05) is 18.9 Å². The highest BCUT2D eigenvalue weighted by Crippen LogP contribution is 2.37. The van der Waals surface area contributed by atoms with E-state index in [9.17, 15) is 9.65 Å². The SMILES string of the molecule is CCc1nc2sc(Br)nn2c1N(C)c1nc(-c2ccc(F)cc2)c(C#N)s1. The summed E-state index contributed by atoms with van der Waals surface area (Å²) in [6, 6.07) is 8.17. The summed E-state index contributed by atoms with van der Waals surface area (Å²) in [7, 11) is 1.88. The second-order valence-electron chi connectivity index (χ2n) is 5.64. The maximum Gasteiger partial charge on any atom is 0.215 e. The lowest BCUT2D eigenvalue weighted by atomic mass is 10.1. The zero-order valence-electron chi connectivity index (χ0n) is 14.3. The molecule has 0 aliphatic heterocycles. The predicted molar refractivity (Wildman–Crippen MR) is 108 cm³/mol. The minimum atomic E-state index is -0.326. The molecule has 0 amide bonds. The number of fused-ring (bicyclic) bond motifs is 1. The van der Waals surface area contributed by atoms with Gasteiger partial charge in [-0.1, -0.05) is 29.6 Å². The molecule has 10 heteroatoms. The number of anilines is 2. The number of benzene rings is 1. The van der Waals surface area contributed by atoms with Crippen molar-refractivity contribution in [2.24, 2.45) is 0 Å². The first kappa shape index (κ1) is 18.0. The van der Waals surface area contributed by atoms with Crippen LogP contribution in [-0.2, 0) is 6.42 Å². The lowest BCUT2D eigenvalue weighted by Crippen LogP contribution is -2.14. The Bertz CT molecular complexity index is 1170. The molecular formula is C17H12BrFN6S2. The number of nitriles is 1. The van der Waals surface area contributed by atoms with Gasteiger partial charge < -0.3 is 4.90 Å². The monoisotopic (exact) mass is 462 g/mol. The number of nitrogens with zero attached hydrogens (tertiary/aromatic N) is 6. The zero-order valence-corrected chi connectivity index (χ0v) is 17.5. The zero-order chi connectivity index (χ0) is 19.1. The van der Waals surface area contributed by atoms with Gasteiger partial charge in [-0.2, -0.15) is 9.78 Å². The molecule has 27 heavy (non-hydrogen) atoms. The fourth-order valence-electron chi connectivity index (χ4n) is 2.75. The van der Waals surface area contributed by atoms with Crippen molar-refractivity contribution in [1.29, 1.82) is 5.26 Å². The van der Waals surface area contributed by atoms with Gasteiger partial charge in [0.2, 0.25) is 4.96 Å². The highest BCUT2D eigenvalue weighted by molar-refractivity contribution is 9.11. The van der Waals surface area contributed by atoms with Gasteiger partial charge in [0, 0.05) is 12.6 Å². The molecule has 4 aromatic rings. The van der Waals surface area contributed by atoms with Crippen molar-refractivity contribution in [3.63, 3.8) is 0 Å². The smallest absolute Gasteiger partial charge is 0.215 e. The summed E-state index contributed by atoms with van der Waals surface area (Å²) in [6.07, 6.45) is 0.745. The minimum absolute atomic E-state index is 0.326. The predicted octanol–water partition coefficient (Wildman–Crippen LogP) is 5.02. The molecule has 0 unspecified atom stereocenters. The van der Waals surface area contributed by atoms with Gasteiger partial charge in [0.05, 0.1) is 5.69 Å². The van der Waals surface area contributed by atoms with Crippen LogP contribution < -0.4 is 4.90 Å². The van der Waals surface area contributed by atoms with E-state index in [1.54, 1.807) is 16.6 Å². The van der Waals surface area contributed by atoms with E-state index in [4.69, 9.17) is 0 Å². The van der Waals surface area contributed by atoms with E-state index < -0.39 is 0 Å². The van der Waals surface area contributed by atoms with Crippen LogP contribution in [0, 0.1) is 17.1 Å². The summed E-state index contributed by atoms with van der Waals surface area (Å²) in [6.45, 7) is 2.03. The molecule has 0 bridgehead atoms. The van der Waals surface area contributed by atoms with Crippen LogP contribution in [0.5, 0.6) is 0 Å². The van der Waals surface area contributed by atoms with Crippen LogP contribution in [0.25, 0.3) is 16.2 Å². The van der Waals surface area contributed by atoms with Crippen molar-refractivity contribution in [2.75, 3.05) is 11.9 Å². The van der Waals surface area contributed by atoms with Crippen LogP contribution in [0.3, 0.4) is 0 Å². The summed E-state index contributed by atoms with van der Waals surface area (Å²) in [5.74, 6) is 0.492. The third-order valence-corrected chi connectivity index (χ3v) is 6.38. The number of imidazole rings is 1. The van der Waals surface area contributed by atoms with Crippen molar-refractivity contribution >= 4 is 54.5 Å². The Morgan fingerprint density at radius 3 is 2.67 bits per heavy atom. The number of halogens is 2. The first-order chi connectivity index (χ1) is 13.0. The van der Waals surface area contributed by atoms with E-state index in [2.05, 4.69) is 37.1 Å². The van der Waals surface area contributed by atoms with Crippen molar-refractivity contribution < 1.29 is 4.39 Å². The van der Waals surface area contributed by atoms with Crippen LogP contribution in [0.4, 0.5) is 15.3 Å². The van der Waals surface area contributed by atoms with E-state index in [-0.39, 0.29) is 5.82 Å². The summed E-state index contributed by atoms with van der Waals surface area (Å²) >= 11 is 6.13. The van der Waals surface area contributed by atoms with Gasteiger partial charge in [0.25, 0.3) is 0 Å². The van der Waals surface area contributed by atoms with Gasteiger partial charge in [-0.15, -0.1) is 5.10 Å². The second-order valence-corrected chi connectivity index (χ2v) is 8.85. The molecule has 3 heterocycles. The first-order valence-corrected chi connectivity index (χ1v) is 10.4. The van der Waals surface area contributed by atoms with Gasteiger partial charge in [0.1, 0.15) is 22.5 Å². The summed E-state index contributed by atoms with van der Waals surface area (Å²) in [4.78, 5) is 12.4. The van der Waals surface area contributed by atoms with Crippen LogP contribution in [0.1, 0.15) is 17.5 Å². The van der Waals surface area contributed by atoms with Gasteiger partial charge in [-0.3, -0.25) is 0 Å². The molecular weight excluding hydrogens is 451 g/mol. The quantitative estimate of drug-likeness (QED) is 0.425. The molecule has 0 atom stereocenters. The maximum absolute atomic E-state index is 13.2. The molecule has 1 aromatic carbocycles. The molecule has 4 rings (SSSR count). The molecule has 3 aromatic heterocycles. The number of hydrogen-bond donors (Lipinski definition) is 0. The largest absolute Gasteiger partial charge is 0.304 e. The Hall–Kier alpha value is -2.35. The number of aromatic nitrogens is 4. The molecule has 0 fully saturated rings. The van der Waals surface area contributed by atoms with E-state index in [1.165, 1.54) is 34.8 Å². The molecule has 0 spiro atoms. The average molecular weight is 463 g/mol. The summed E-state index contributed by atoms with van der Waals surface area (Å²) < 4.78 is 15.7. The topological polar surface area (TPSA) is 70.1 Å². The number of hydrogen-bond acceptors (Lipinski definition) is 7. The van der Waals surface area contributed by atoms with Crippen LogP contribution in [0.2, 0.25) is 0 Å². The molecule has 0 aliphatic carbocycles. The third-order valence-electron chi connectivity index (χ3n) is 4.00. The van der Waals surface area contributed by atoms with Crippen molar-refractivity contribution in [2.45, 2.75) is 13.3 Å². The number of rotatable bonds is 4. The molecule has 0 saturated heterocycles. The second kappa shape index (κ2) is 6.99. The normalized spacial score (nSPS) is 11.1. The van der Waals surface area contributed by atoms with E-state index >= 15 is 0 Å². The van der Waals surface area contributed by atoms with E-state index in [0.29, 0.717) is 21.3 Å². The highest BCUT2D eigenvalue weighted by atomic mass is 79.9. The summed E-state index contributed by atoms with van der Waals surface area (Å²) in [5.41, 5.74) is 2.15. The van der Waals surface area contributed by atoms with Crippen LogP contribution in [0.15, 0.2) is 28.2 Å². The third kappa shape index (κ3) is 3.12. The Morgan fingerprint density at radius 2 is 2.00 bits per heavy atom. The Balaban J connectivity index is 1.82. The van der Waals surface area contributed by atoms with Gasteiger partial charge in [0.15, 0.2) is 14.9 Å². The maximum atomic E-state index is 13.2. The molecule has 0 N–H and O–H groups in total. The van der Waals surface area contributed by atoms with E-state index in [0.717, 1.165) is 26.8 Å². The van der Waals surface area contributed by atoms with Gasteiger partial charge >= 0.3 is 0 Å². The average Bonchev–Trinajstić information content (AvgIpc) is 3.33. The molecule has 0 saturated carbocycles. The first-order valence-electron chi connectivity index (χ1n) is 7.96. The highest BCUT2D eigenvalue weighted by Gasteiger charge is 2.23. The standard InChI is InChI=1S/C17H12BrFN6S2/c1-3-11-14(25-17(21-11)27-15(18)23-25)24(2)16-22-13(12(8-20)26-16)9-4-6-10(19)7-5-9/h4-7H,3H2,1-2H3. The van der Waals surface area contributed by atoms with Crippen molar-refractivity contribution in [3.8, 4) is 17.3 Å². The molecule has 136 valence electrons. The Labute approximate surface area is 170 Å². The Kier molecular flexibility index (Phi) is 4.67.